The average Bonchev–Trinajstić information content (AvgIpc) is 3.11. The van der Waals surface area contributed by atoms with E-state index in [4.69, 9.17) is 5.73 Å². The normalized spacial score (nSPS) is 14.5. The van der Waals surface area contributed by atoms with Gasteiger partial charge in [0.15, 0.2) is 11.8 Å². The molecular weight excluding hydrogens is 508 g/mol. The molecule has 2 N–H and O–H groups in total. The zero-order valence-corrected chi connectivity index (χ0v) is 20.0. The predicted octanol–water partition coefficient (Wildman–Crippen LogP) is 3.28. The number of anilines is 1. The number of benzene rings is 1. The van der Waals surface area contributed by atoms with E-state index in [-0.39, 0.29) is 29.8 Å². The molecule has 0 spiro atoms. The Morgan fingerprint density at radius 3 is 2.35 bits per heavy atom. The van der Waals surface area contributed by atoms with E-state index in [2.05, 4.69) is 24.9 Å². The molecule has 1 aliphatic rings. The molecule has 0 bridgehead atoms. The smallest absolute Gasteiger partial charge is 0.191 e. The van der Waals surface area contributed by atoms with E-state index < -0.39 is 0 Å². The Morgan fingerprint density at radius 2 is 1.77 bits per heavy atom. The summed E-state index contributed by atoms with van der Waals surface area (Å²) >= 11 is 0. The topological polar surface area (TPSA) is 75.6 Å². The minimum Gasteiger partial charge on any atom is -0.370 e. The minimum absolute atomic E-state index is 0. The number of hydrogen-bond acceptors (Lipinski definition) is 4. The fourth-order valence-electron chi connectivity index (χ4n) is 3.61. The van der Waals surface area contributed by atoms with Gasteiger partial charge in [0.1, 0.15) is 5.82 Å². The van der Waals surface area contributed by atoms with Crippen LogP contribution in [0.25, 0.3) is 5.82 Å². The Hall–Kier alpha value is -2.69. The second kappa shape index (κ2) is 10.1. The van der Waals surface area contributed by atoms with E-state index in [1.807, 2.05) is 55.1 Å². The molecule has 0 unspecified atom stereocenters. The Labute approximate surface area is 198 Å². The lowest BCUT2D eigenvalue weighted by Gasteiger charge is -2.36. The third-order valence-corrected chi connectivity index (χ3v) is 5.25. The highest BCUT2D eigenvalue weighted by molar-refractivity contribution is 14.0. The summed E-state index contributed by atoms with van der Waals surface area (Å²) in [5.74, 6) is 1.11. The number of aromatic nitrogens is 3. The quantitative estimate of drug-likeness (QED) is 0.316. The molecule has 0 saturated carbocycles. The zero-order chi connectivity index (χ0) is 21.1. The molecule has 9 heteroatoms. The average molecular weight is 535 g/mol. The van der Waals surface area contributed by atoms with E-state index in [9.17, 15) is 4.39 Å². The summed E-state index contributed by atoms with van der Waals surface area (Å²) in [6.45, 7) is 7.66. The first-order chi connectivity index (χ1) is 14.5. The molecule has 1 aliphatic heterocycles. The van der Waals surface area contributed by atoms with Crippen LogP contribution in [0.4, 0.5) is 10.1 Å². The highest BCUT2D eigenvalue weighted by Gasteiger charge is 2.18. The second-order valence-electron chi connectivity index (χ2n) is 7.49. The number of rotatable bonds is 4. The van der Waals surface area contributed by atoms with Gasteiger partial charge >= 0.3 is 0 Å². The largest absolute Gasteiger partial charge is 0.370 e. The zero-order valence-electron chi connectivity index (χ0n) is 17.7. The number of aryl methyl sites for hydroxylation is 2. The molecule has 1 aromatic carbocycles. The summed E-state index contributed by atoms with van der Waals surface area (Å²) < 4.78 is 14.9. The summed E-state index contributed by atoms with van der Waals surface area (Å²) in [7, 11) is 0. The molecule has 0 aliphatic carbocycles. The van der Waals surface area contributed by atoms with Crippen LogP contribution in [-0.4, -0.2) is 51.8 Å². The van der Waals surface area contributed by atoms with Crippen LogP contribution in [0.5, 0.6) is 0 Å². The molecule has 3 aromatic rings. The van der Waals surface area contributed by atoms with Gasteiger partial charge in [-0.3, -0.25) is 0 Å². The van der Waals surface area contributed by atoms with Crippen molar-refractivity contribution in [1.29, 1.82) is 0 Å². The number of pyridine rings is 1. The Morgan fingerprint density at radius 1 is 1.06 bits per heavy atom. The number of aliphatic imine (C=N–C) groups is 1. The van der Waals surface area contributed by atoms with Crippen molar-refractivity contribution in [2.75, 3.05) is 31.1 Å². The molecule has 1 fully saturated rings. The second-order valence-corrected chi connectivity index (χ2v) is 7.49. The van der Waals surface area contributed by atoms with Gasteiger partial charge in [-0.15, -0.1) is 24.0 Å². The molecule has 31 heavy (non-hydrogen) atoms. The summed E-state index contributed by atoms with van der Waals surface area (Å²) in [5.41, 5.74) is 10.3. The van der Waals surface area contributed by atoms with Crippen LogP contribution < -0.4 is 10.6 Å². The van der Waals surface area contributed by atoms with Gasteiger partial charge in [0.2, 0.25) is 0 Å². The van der Waals surface area contributed by atoms with Crippen LogP contribution in [0.1, 0.15) is 17.0 Å². The van der Waals surface area contributed by atoms with Crippen molar-refractivity contribution in [2.24, 2.45) is 10.7 Å². The number of piperazine rings is 1. The summed E-state index contributed by atoms with van der Waals surface area (Å²) in [4.78, 5) is 13.4. The molecule has 0 radical (unpaired) electrons. The van der Waals surface area contributed by atoms with Gasteiger partial charge in [-0.1, -0.05) is 6.07 Å². The van der Waals surface area contributed by atoms with Crippen molar-refractivity contribution < 1.29 is 4.39 Å². The Kier molecular flexibility index (Phi) is 7.47. The van der Waals surface area contributed by atoms with Gasteiger partial charge in [0.25, 0.3) is 0 Å². The van der Waals surface area contributed by atoms with Crippen molar-refractivity contribution in [3.05, 3.63) is 71.4 Å². The van der Waals surface area contributed by atoms with Crippen molar-refractivity contribution in [2.45, 2.75) is 20.4 Å². The fraction of sp³-hybridized carbons (Fsp3) is 0.318. The maximum atomic E-state index is 13.1. The van der Waals surface area contributed by atoms with E-state index in [1.165, 1.54) is 12.1 Å². The van der Waals surface area contributed by atoms with Gasteiger partial charge in [0.05, 0.1) is 12.2 Å². The first-order valence-corrected chi connectivity index (χ1v) is 10.0. The van der Waals surface area contributed by atoms with Crippen LogP contribution in [0.15, 0.2) is 53.7 Å². The fourth-order valence-corrected chi connectivity index (χ4v) is 3.61. The molecule has 7 nitrogen and oxygen atoms in total. The van der Waals surface area contributed by atoms with Crippen molar-refractivity contribution in [3.63, 3.8) is 0 Å². The van der Waals surface area contributed by atoms with Crippen molar-refractivity contribution in [1.82, 2.24) is 19.7 Å². The first kappa shape index (κ1) is 23.0. The van der Waals surface area contributed by atoms with Gasteiger partial charge in [-0.25, -0.2) is 19.0 Å². The molecular formula is C22H27FIN7. The van der Waals surface area contributed by atoms with Crippen LogP contribution in [-0.2, 0) is 6.54 Å². The highest BCUT2D eigenvalue weighted by atomic mass is 127. The maximum absolute atomic E-state index is 13.1. The number of halogens is 2. The lowest BCUT2D eigenvalue weighted by molar-refractivity contribution is 0.380. The van der Waals surface area contributed by atoms with Crippen LogP contribution in [0, 0.1) is 19.7 Å². The van der Waals surface area contributed by atoms with Crippen molar-refractivity contribution in [3.8, 4) is 5.82 Å². The van der Waals surface area contributed by atoms with Gasteiger partial charge in [0, 0.05) is 43.8 Å². The van der Waals surface area contributed by atoms with Gasteiger partial charge in [-0.05, 0) is 55.8 Å². The van der Waals surface area contributed by atoms with E-state index in [1.54, 1.807) is 0 Å². The molecule has 1 saturated heterocycles. The highest BCUT2D eigenvalue weighted by Crippen LogP contribution is 2.17. The third-order valence-electron chi connectivity index (χ3n) is 5.25. The molecule has 0 amide bonds. The number of nitrogens with two attached hydrogens (primary N) is 1. The number of nitrogens with zero attached hydrogens (tertiary/aromatic N) is 6. The monoisotopic (exact) mass is 535 g/mol. The molecule has 0 atom stereocenters. The third kappa shape index (κ3) is 5.52. The predicted molar refractivity (Wildman–Crippen MR) is 132 cm³/mol. The Bertz CT molecular complexity index is 1020. The number of guanidine groups is 1. The maximum Gasteiger partial charge on any atom is 0.191 e. The minimum atomic E-state index is -0.217. The molecule has 4 rings (SSSR count). The van der Waals surface area contributed by atoms with Gasteiger partial charge < -0.3 is 15.5 Å². The van der Waals surface area contributed by atoms with Crippen LogP contribution >= 0.6 is 24.0 Å². The van der Waals surface area contributed by atoms with E-state index in [0.717, 1.165) is 54.6 Å². The molecule has 3 heterocycles. The van der Waals surface area contributed by atoms with Gasteiger partial charge in [-0.2, -0.15) is 5.10 Å². The SMILES string of the molecule is Cc1cc(C)n(-c2ccc(CN=C(N)N3CCN(c4ccc(F)cc4)CC3)cn2)n1.I. The first-order valence-electron chi connectivity index (χ1n) is 10.0. The van der Waals surface area contributed by atoms with E-state index in [0.29, 0.717) is 12.5 Å². The van der Waals surface area contributed by atoms with Crippen LogP contribution in [0.3, 0.4) is 0 Å². The number of hydrogen-bond donors (Lipinski definition) is 1. The summed E-state index contributed by atoms with van der Waals surface area (Å²) in [5, 5.41) is 4.46. The van der Waals surface area contributed by atoms with Crippen molar-refractivity contribution >= 4 is 35.6 Å². The van der Waals surface area contributed by atoms with E-state index >= 15 is 0 Å². The standard InChI is InChI=1S/C22H26FN7.HI/c1-16-13-17(2)30(27-16)21-8-3-18(14-25-21)15-26-22(24)29-11-9-28(10-12-29)20-6-4-19(23)5-7-20;/h3-8,13-14H,9-12,15H2,1-2H3,(H2,24,26);1H. The Balaban J connectivity index is 0.00000272. The van der Waals surface area contributed by atoms with Crippen LogP contribution in [0.2, 0.25) is 0 Å². The molecule has 2 aromatic heterocycles. The summed E-state index contributed by atoms with van der Waals surface area (Å²) in [6.07, 6.45) is 1.81. The lowest BCUT2D eigenvalue weighted by Crippen LogP contribution is -2.51. The summed E-state index contributed by atoms with van der Waals surface area (Å²) in [6, 6.07) is 12.6. The lowest BCUT2D eigenvalue weighted by atomic mass is 10.2. The molecule has 164 valence electrons.